The van der Waals surface area contributed by atoms with E-state index in [1.54, 1.807) is 61.7 Å². The fourth-order valence-electron chi connectivity index (χ4n) is 2.27. The molecule has 7 heteroatoms. The second-order valence-corrected chi connectivity index (χ2v) is 6.51. The average molecular weight is 368 g/mol. The van der Waals surface area contributed by atoms with Crippen LogP contribution in [-0.2, 0) is 9.53 Å². The first-order valence-corrected chi connectivity index (χ1v) is 8.53. The van der Waals surface area contributed by atoms with Crippen LogP contribution in [0.2, 0.25) is 0 Å². The molecule has 1 N–H and O–H groups in total. The molecule has 1 aliphatic heterocycles. The molecule has 26 heavy (non-hydrogen) atoms. The first-order valence-electron chi connectivity index (χ1n) is 7.71. The van der Waals surface area contributed by atoms with Crippen LogP contribution in [0.15, 0.2) is 58.4 Å². The van der Waals surface area contributed by atoms with Crippen molar-refractivity contribution >= 4 is 40.6 Å². The number of methoxy groups -OCH3 is 1. The summed E-state index contributed by atoms with van der Waals surface area (Å²) in [5.41, 5.74) is 1.88. The van der Waals surface area contributed by atoms with Gasteiger partial charge in [0.15, 0.2) is 5.17 Å². The van der Waals surface area contributed by atoms with Crippen LogP contribution in [0.3, 0.4) is 0 Å². The number of carbonyl (C=O) groups excluding carboxylic acids is 2. The number of esters is 1. The number of hydrogen-bond donors (Lipinski definition) is 1. The Morgan fingerprint density at radius 1 is 1.15 bits per heavy atom. The summed E-state index contributed by atoms with van der Waals surface area (Å²) in [7, 11) is 2.99. The van der Waals surface area contributed by atoms with Gasteiger partial charge in [-0.15, -0.1) is 0 Å². The van der Waals surface area contributed by atoms with Crippen molar-refractivity contribution in [1.82, 2.24) is 4.90 Å². The first-order chi connectivity index (χ1) is 12.5. The molecule has 0 aromatic heterocycles. The Morgan fingerprint density at radius 2 is 1.81 bits per heavy atom. The van der Waals surface area contributed by atoms with Crippen molar-refractivity contribution < 1.29 is 19.4 Å². The fraction of sp³-hybridized carbons (Fsp3) is 0.105. The number of rotatable bonds is 3. The van der Waals surface area contributed by atoms with Crippen molar-refractivity contribution in [1.29, 1.82) is 0 Å². The zero-order valence-corrected chi connectivity index (χ0v) is 15.0. The molecule has 3 rings (SSSR count). The molecule has 1 heterocycles. The molecule has 1 aliphatic rings. The van der Waals surface area contributed by atoms with Gasteiger partial charge in [0.1, 0.15) is 5.75 Å². The van der Waals surface area contributed by atoms with Crippen molar-refractivity contribution in [2.75, 3.05) is 14.2 Å². The number of phenolic OH excluding ortho intramolecular Hbond substituents is 1. The zero-order valence-electron chi connectivity index (χ0n) is 14.2. The highest BCUT2D eigenvalue weighted by atomic mass is 32.2. The minimum Gasteiger partial charge on any atom is -0.508 e. The molecule has 0 saturated carbocycles. The van der Waals surface area contributed by atoms with Gasteiger partial charge in [0.2, 0.25) is 0 Å². The molecule has 2 aromatic rings. The maximum atomic E-state index is 12.4. The summed E-state index contributed by atoms with van der Waals surface area (Å²) in [6.45, 7) is 0. The number of thioether (sulfide) groups is 1. The van der Waals surface area contributed by atoms with Gasteiger partial charge in [0, 0.05) is 7.05 Å². The standard InChI is InChI=1S/C19H16N2O4S/c1-21-17(23)16(11-12-3-9-15(22)10-4-12)26-19(21)20-14-7-5-13(6-8-14)18(24)25-2/h3-11,22H,1-2H3/b16-11-,20-19?. The Bertz CT molecular complexity index is 902. The van der Waals surface area contributed by atoms with Crippen molar-refractivity contribution in [2.45, 2.75) is 0 Å². The maximum absolute atomic E-state index is 12.4. The highest BCUT2D eigenvalue weighted by Crippen LogP contribution is 2.33. The van der Waals surface area contributed by atoms with E-state index in [-0.39, 0.29) is 11.7 Å². The smallest absolute Gasteiger partial charge is 0.337 e. The minimum absolute atomic E-state index is 0.145. The van der Waals surface area contributed by atoms with Gasteiger partial charge in [-0.3, -0.25) is 9.69 Å². The van der Waals surface area contributed by atoms with Gasteiger partial charge in [-0.2, -0.15) is 0 Å². The van der Waals surface area contributed by atoms with Crippen LogP contribution in [-0.4, -0.2) is 41.2 Å². The molecule has 0 unspecified atom stereocenters. The molecule has 132 valence electrons. The number of benzene rings is 2. The van der Waals surface area contributed by atoms with Crippen molar-refractivity contribution in [3.8, 4) is 5.75 Å². The Balaban J connectivity index is 1.83. The number of likely N-dealkylation sites (N-methyl/N-ethyl adjacent to an activating group) is 1. The molecule has 0 spiro atoms. The van der Waals surface area contributed by atoms with E-state index in [4.69, 9.17) is 0 Å². The SMILES string of the molecule is COC(=O)c1ccc(N=C2S/C(=C\c3ccc(O)cc3)C(=O)N2C)cc1. The zero-order chi connectivity index (χ0) is 18.7. The van der Waals surface area contributed by atoms with E-state index in [9.17, 15) is 14.7 Å². The van der Waals surface area contributed by atoms with Crippen LogP contribution in [0.5, 0.6) is 5.75 Å². The van der Waals surface area contributed by atoms with E-state index in [1.807, 2.05) is 0 Å². The number of nitrogens with zero attached hydrogens (tertiary/aromatic N) is 2. The minimum atomic E-state index is -0.411. The summed E-state index contributed by atoms with van der Waals surface area (Å²) in [4.78, 5) is 30.4. The maximum Gasteiger partial charge on any atom is 0.337 e. The summed E-state index contributed by atoms with van der Waals surface area (Å²) >= 11 is 1.27. The lowest BCUT2D eigenvalue weighted by Crippen LogP contribution is -2.23. The molecule has 0 aliphatic carbocycles. The lowest BCUT2D eigenvalue weighted by Gasteiger charge is -2.07. The largest absolute Gasteiger partial charge is 0.508 e. The Morgan fingerprint density at radius 3 is 2.42 bits per heavy atom. The molecular weight excluding hydrogens is 352 g/mol. The van der Waals surface area contributed by atoms with Gasteiger partial charge in [-0.05, 0) is 59.8 Å². The number of phenols is 1. The number of aliphatic imine (C=N–C) groups is 1. The molecule has 2 aromatic carbocycles. The fourth-order valence-corrected chi connectivity index (χ4v) is 3.26. The quantitative estimate of drug-likeness (QED) is 0.663. The molecule has 0 radical (unpaired) electrons. The third kappa shape index (κ3) is 3.78. The Hall–Kier alpha value is -3.06. The number of hydrogen-bond acceptors (Lipinski definition) is 6. The van der Waals surface area contributed by atoms with E-state index >= 15 is 0 Å². The van der Waals surface area contributed by atoms with E-state index in [1.165, 1.54) is 23.8 Å². The number of aromatic hydroxyl groups is 1. The Kier molecular flexibility index (Phi) is 5.09. The predicted molar refractivity (Wildman–Crippen MR) is 101 cm³/mol. The molecule has 6 nitrogen and oxygen atoms in total. The van der Waals surface area contributed by atoms with E-state index in [2.05, 4.69) is 9.73 Å². The summed E-state index contributed by atoms with van der Waals surface area (Å²) in [5.74, 6) is -0.383. The van der Waals surface area contributed by atoms with Gasteiger partial charge in [0.25, 0.3) is 5.91 Å². The third-order valence-electron chi connectivity index (χ3n) is 3.71. The summed E-state index contributed by atoms with van der Waals surface area (Å²) < 4.78 is 4.66. The van der Waals surface area contributed by atoms with Crippen molar-refractivity contribution in [3.05, 3.63) is 64.6 Å². The molecule has 1 saturated heterocycles. The van der Waals surface area contributed by atoms with Crippen molar-refractivity contribution in [3.63, 3.8) is 0 Å². The lowest BCUT2D eigenvalue weighted by atomic mass is 10.2. The monoisotopic (exact) mass is 368 g/mol. The van der Waals surface area contributed by atoms with Crippen LogP contribution >= 0.6 is 11.8 Å². The summed E-state index contributed by atoms with van der Waals surface area (Å²) in [6, 6.07) is 13.2. The summed E-state index contributed by atoms with van der Waals surface area (Å²) in [5, 5.41) is 9.89. The van der Waals surface area contributed by atoms with Gasteiger partial charge in [-0.25, -0.2) is 9.79 Å². The van der Waals surface area contributed by atoms with Crippen LogP contribution in [0.25, 0.3) is 6.08 Å². The van der Waals surface area contributed by atoms with Crippen LogP contribution < -0.4 is 0 Å². The van der Waals surface area contributed by atoms with E-state index in [0.29, 0.717) is 21.3 Å². The number of ether oxygens (including phenoxy) is 1. The number of carbonyl (C=O) groups is 2. The second-order valence-electron chi connectivity index (χ2n) is 5.50. The lowest BCUT2D eigenvalue weighted by molar-refractivity contribution is -0.121. The molecular formula is C19H16N2O4S. The van der Waals surface area contributed by atoms with E-state index in [0.717, 1.165) is 5.56 Å². The highest BCUT2D eigenvalue weighted by Gasteiger charge is 2.30. The van der Waals surface area contributed by atoms with Gasteiger partial charge in [0.05, 0.1) is 23.3 Å². The van der Waals surface area contributed by atoms with Gasteiger partial charge >= 0.3 is 5.97 Å². The van der Waals surface area contributed by atoms with Crippen LogP contribution in [0.4, 0.5) is 5.69 Å². The number of amidine groups is 1. The van der Waals surface area contributed by atoms with Crippen LogP contribution in [0.1, 0.15) is 15.9 Å². The third-order valence-corrected chi connectivity index (χ3v) is 4.77. The van der Waals surface area contributed by atoms with Gasteiger partial charge < -0.3 is 9.84 Å². The second kappa shape index (κ2) is 7.45. The average Bonchev–Trinajstić information content (AvgIpc) is 2.91. The normalized spacial score (nSPS) is 17.2. The molecule has 0 atom stereocenters. The topological polar surface area (TPSA) is 79.2 Å². The molecule has 0 bridgehead atoms. The van der Waals surface area contributed by atoms with Gasteiger partial charge in [-0.1, -0.05) is 12.1 Å². The highest BCUT2D eigenvalue weighted by molar-refractivity contribution is 8.18. The molecule has 1 amide bonds. The van der Waals surface area contributed by atoms with E-state index < -0.39 is 5.97 Å². The predicted octanol–water partition coefficient (Wildman–Crippen LogP) is 3.41. The number of amides is 1. The Labute approximate surface area is 154 Å². The summed E-state index contributed by atoms with van der Waals surface area (Å²) in [6.07, 6.45) is 1.76. The van der Waals surface area contributed by atoms with Crippen molar-refractivity contribution in [2.24, 2.45) is 4.99 Å². The molecule has 1 fully saturated rings. The first kappa shape index (κ1) is 17.8. The van der Waals surface area contributed by atoms with Crippen LogP contribution in [0, 0.1) is 0 Å².